The summed E-state index contributed by atoms with van der Waals surface area (Å²) in [7, 11) is 0. The number of anilines is 4. The first-order chi connectivity index (χ1) is 14.5. The SMILES string of the molecule is CC(C)c1ccc(Nc2nc3ccccc3nc2Nc2ccc(C(C)C)cc2)cc1. The molecule has 0 saturated heterocycles. The Labute approximate surface area is 178 Å². The van der Waals surface area contributed by atoms with Crippen molar-refractivity contribution in [2.75, 3.05) is 10.6 Å². The lowest BCUT2D eigenvalue weighted by Crippen LogP contribution is -2.03. The van der Waals surface area contributed by atoms with Crippen molar-refractivity contribution in [3.8, 4) is 0 Å². The lowest BCUT2D eigenvalue weighted by atomic mass is 10.0. The number of hydrogen-bond donors (Lipinski definition) is 2. The Morgan fingerprint density at radius 2 is 0.900 bits per heavy atom. The molecule has 152 valence electrons. The minimum Gasteiger partial charge on any atom is -0.337 e. The van der Waals surface area contributed by atoms with Gasteiger partial charge in [0.15, 0.2) is 11.6 Å². The van der Waals surface area contributed by atoms with E-state index in [0.29, 0.717) is 23.5 Å². The lowest BCUT2D eigenvalue weighted by molar-refractivity contribution is 0.867. The molecule has 0 aliphatic rings. The fourth-order valence-electron chi connectivity index (χ4n) is 3.35. The summed E-state index contributed by atoms with van der Waals surface area (Å²) < 4.78 is 0. The number of benzene rings is 3. The Bertz CT molecular complexity index is 1040. The number of rotatable bonds is 6. The van der Waals surface area contributed by atoms with Crippen LogP contribution in [0, 0.1) is 0 Å². The highest BCUT2D eigenvalue weighted by Crippen LogP contribution is 2.29. The molecule has 0 aliphatic carbocycles. The molecule has 30 heavy (non-hydrogen) atoms. The van der Waals surface area contributed by atoms with Crippen molar-refractivity contribution in [3.05, 3.63) is 83.9 Å². The zero-order chi connectivity index (χ0) is 21.1. The lowest BCUT2D eigenvalue weighted by Gasteiger charge is -2.15. The molecule has 0 aliphatic heterocycles. The third kappa shape index (κ3) is 4.43. The second-order valence-electron chi connectivity index (χ2n) is 8.21. The Morgan fingerprint density at radius 3 is 1.23 bits per heavy atom. The van der Waals surface area contributed by atoms with Crippen LogP contribution in [0.5, 0.6) is 0 Å². The highest BCUT2D eigenvalue weighted by Gasteiger charge is 2.11. The Morgan fingerprint density at radius 1 is 0.533 bits per heavy atom. The Kier molecular flexibility index (Phi) is 5.66. The molecule has 0 saturated carbocycles. The topological polar surface area (TPSA) is 49.8 Å². The van der Waals surface area contributed by atoms with E-state index in [1.807, 2.05) is 24.3 Å². The van der Waals surface area contributed by atoms with Gasteiger partial charge in [-0.3, -0.25) is 0 Å². The highest BCUT2D eigenvalue weighted by molar-refractivity contribution is 5.83. The second-order valence-corrected chi connectivity index (χ2v) is 8.21. The molecule has 4 heteroatoms. The molecule has 4 nitrogen and oxygen atoms in total. The highest BCUT2D eigenvalue weighted by atomic mass is 15.1. The predicted molar refractivity (Wildman–Crippen MR) is 127 cm³/mol. The Balaban J connectivity index is 1.68. The third-order valence-corrected chi connectivity index (χ3v) is 5.25. The number of nitrogens with zero attached hydrogens (tertiary/aromatic N) is 2. The van der Waals surface area contributed by atoms with Gasteiger partial charge in [-0.25, -0.2) is 9.97 Å². The minimum absolute atomic E-state index is 0.505. The third-order valence-electron chi connectivity index (χ3n) is 5.25. The van der Waals surface area contributed by atoms with E-state index in [0.717, 1.165) is 22.4 Å². The van der Waals surface area contributed by atoms with E-state index in [1.54, 1.807) is 0 Å². The van der Waals surface area contributed by atoms with Gasteiger partial charge < -0.3 is 10.6 Å². The normalized spacial score (nSPS) is 11.3. The molecule has 1 heterocycles. The summed E-state index contributed by atoms with van der Waals surface area (Å²) >= 11 is 0. The van der Waals surface area contributed by atoms with E-state index < -0.39 is 0 Å². The van der Waals surface area contributed by atoms with Crippen molar-refractivity contribution in [2.45, 2.75) is 39.5 Å². The summed E-state index contributed by atoms with van der Waals surface area (Å²) in [6.07, 6.45) is 0. The van der Waals surface area contributed by atoms with Crippen molar-refractivity contribution in [1.82, 2.24) is 9.97 Å². The number of hydrogen-bond acceptors (Lipinski definition) is 4. The van der Waals surface area contributed by atoms with Gasteiger partial charge in [0.25, 0.3) is 0 Å². The summed E-state index contributed by atoms with van der Waals surface area (Å²) in [5, 5.41) is 6.89. The summed E-state index contributed by atoms with van der Waals surface area (Å²) in [6, 6.07) is 24.9. The largest absolute Gasteiger partial charge is 0.337 e. The molecular weight excluding hydrogens is 368 g/mol. The van der Waals surface area contributed by atoms with Gasteiger partial charge in [0, 0.05) is 11.4 Å². The molecule has 3 aromatic carbocycles. The molecule has 0 atom stereocenters. The molecule has 4 rings (SSSR count). The van der Waals surface area contributed by atoms with Gasteiger partial charge in [-0.15, -0.1) is 0 Å². The van der Waals surface area contributed by atoms with Crippen LogP contribution < -0.4 is 10.6 Å². The van der Waals surface area contributed by atoms with Crippen LogP contribution in [-0.2, 0) is 0 Å². The van der Waals surface area contributed by atoms with Gasteiger partial charge >= 0.3 is 0 Å². The number of para-hydroxylation sites is 2. The van der Waals surface area contributed by atoms with Gasteiger partial charge in [0.05, 0.1) is 11.0 Å². The van der Waals surface area contributed by atoms with E-state index in [2.05, 4.69) is 86.9 Å². The number of aromatic nitrogens is 2. The maximum atomic E-state index is 4.83. The van der Waals surface area contributed by atoms with E-state index in [1.165, 1.54) is 11.1 Å². The standard InChI is InChI=1S/C26H28N4/c1-17(2)19-9-13-21(14-10-19)27-25-26(30-24-8-6-5-7-23(24)29-25)28-22-15-11-20(12-16-22)18(3)4/h5-18H,1-4H3,(H,27,29)(H,28,30). The molecule has 4 aromatic rings. The molecule has 0 fully saturated rings. The van der Waals surface area contributed by atoms with Gasteiger partial charge in [-0.1, -0.05) is 64.1 Å². The summed E-state index contributed by atoms with van der Waals surface area (Å²) in [5.41, 5.74) is 6.32. The average molecular weight is 397 g/mol. The zero-order valence-electron chi connectivity index (χ0n) is 18.0. The first-order valence-corrected chi connectivity index (χ1v) is 10.5. The predicted octanol–water partition coefficient (Wildman–Crippen LogP) is 7.36. The van der Waals surface area contributed by atoms with E-state index in [9.17, 15) is 0 Å². The van der Waals surface area contributed by atoms with Crippen molar-refractivity contribution < 1.29 is 0 Å². The minimum atomic E-state index is 0.505. The molecule has 2 N–H and O–H groups in total. The smallest absolute Gasteiger partial charge is 0.174 e. The second kappa shape index (κ2) is 8.54. The summed E-state index contributed by atoms with van der Waals surface area (Å²) in [4.78, 5) is 9.67. The first-order valence-electron chi connectivity index (χ1n) is 10.5. The molecule has 0 unspecified atom stereocenters. The van der Waals surface area contributed by atoms with Crippen molar-refractivity contribution in [3.63, 3.8) is 0 Å². The van der Waals surface area contributed by atoms with Gasteiger partial charge in [0.2, 0.25) is 0 Å². The summed E-state index contributed by atoms with van der Waals surface area (Å²) in [6.45, 7) is 8.79. The van der Waals surface area contributed by atoms with E-state index in [4.69, 9.17) is 9.97 Å². The molecule has 0 spiro atoms. The average Bonchev–Trinajstić information content (AvgIpc) is 2.75. The first kappa shape index (κ1) is 19.9. The molecule has 0 radical (unpaired) electrons. The Hall–Kier alpha value is -3.40. The quantitative estimate of drug-likeness (QED) is 0.357. The van der Waals surface area contributed by atoms with Crippen molar-refractivity contribution in [1.29, 1.82) is 0 Å². The van der Waals surface area contributed by atoms with Gasteiger partial charge in [-0.2, -0.15) is 0 Å². The van der Waals surface area contributed by atoms with Crippen LogP contribution in [0.3, 0.4) is 0 Å². The van der Waals surface area contributed by atoms with Gasteiger partial charge in [0.1, 0.15) is 0 Å². The van der Waals surface area contributed by atoms with E-state index in [-0.39, 0.29) is 0 Å². The van der Waals surface area contributed by atoms with E-state index >= 15 is 0 Å². The molecule has 0 amide bonds. The zero-order valence-corrected chi connectivity index (χ0v) is 18.0. The van der Waals surface area contributed by atoms with Crippen LogP contribution in [-0.4, -0.2) is 9.97 Å². The van der Waals surface area contributed by atoms with Crippen molar-refractivity contribution >= 4 is 34.0 Å². The maximum absolute atomic E-state index is 4.83. The summed E-state index contributed by atoms with van der Waals surface area (Å²) in [5.74, 6) is 2.42. The van der Waals surface area contributed by atoms with Crippen LogP contribution in [0.4, 0.5) is 23.0 Å². The van der Waals surface area contributed by atoms with Crippen molar-refractivity contribution in [2.24, 2.45) is 0 Å². The van der Waals surface area contributed by atoms with Gasteiger partial charge in [-0.05, 0) is 59.4 Å². The van der Waals surface area contributed by atoms with Crippen LogP contribution in [0.15, 0.2) is 72.8 Å². The number of nitrogens with one attached hydrogen (secondary N) is 2. The molecule has 1 aromatic heterocycles. The maximum Gasteiger partial charge on any atom is 0.174 e. The van der Waals surface area contributed by atoms with Crippen LogP contribution in [0.1, 0.15) is 50.7 Å². The van der Waals surface area contributed by atoms with Crippen LogP contribution in [0.2, 0.25) is 0 Å². The van der Waals surface area contributed by atoms with Crippen LogP contribution >= 0.6 is 0 Å². The monoisotopic (exact) mass is 396 g/mol. The molecule has 0 bridgehead atoms. The fourth-order valence-corrected chi connectivity index (χ4v) is 3.35. The number of fused-ring (bicyclic) bond motifs is 1. The van der Waals surface area contributed by atoms with Crippen LogP contribution in [0.25, 0.3) is 11.0 Å². The fraction of sp³-hybridized carbons (Fsp3) is 0.231. The molecular formula is C26H28N4.